The number of amides is 2. The molecule has 1 atom stereocenters. The Kier molecular flexibility index (Phi) is 4.49. The molecule has 0 aromatic carbocycles. The summed E-state index contributed by atoms with van der Waals surface area (Å²) in [6.07, 6.45) is 6.06. The standard InChI is InChI=1S/C14H15N3O3/c1-10(11-2-5-15-6-3-11)17-13(18)8-16-14(19)12-4-7-20-9-12/h2-7,9-10H,8H2,1H3,(H,16,19)(H,17,18)/t10-/m0/s1. The molecule has 0 unspecified atom stereocenters. The van der Waals surface area contributed by atoms with Crippen molar-refractivity contribution in [2.24, 2.45) is 0 Å². The molecule has 2 heterocycles. The van der Waals surface area contributed by atoms with Gasteiger partial charge in [-0.25, -0.2) is 0 Å². The van der Waals surface area contributed by atoms with Crippen LogP contribution in [0.3, 0.4) is 0 Å². The molecule has 0 saturated heterocycles. The lowest BCUT2D eigenvalue weighted by Crippen LogP contribution is -2.37. The first-order valence-corrected chi connectivity index (χ1v) is 6.16. The second kappa shape index (κ2) is 6.51. The first kappa shape index (κ1) is 13.8. The van der Waals surface area contributed by atoms with Crippen LogP contribution in [-0.4, -0.2) is 23.3 Å². The van der Waals surface area contributed by atoms with Crippen LogP contribution in [0.4, 0.5) is 0 Å². The predicted molar refractivity (Wildman–Crippen MR) is 71.8 cm³/mol. The van der Waals surface area contributed by atoms with Gasteiger partial charge >= 0.3 is 0 Å². The summed E-state index contributed by atoms with van der Waals surface area (Å²) in [6.45, 7) is 1.78. The largest absolute Gasteiger partial charge is 0.472 e. The molecular weight excluding hydrogens is 258 g/mol. The van der Waals surface area contributed by atoms with E-state index in [0.29, 0.717) is 5.56 Å². The maximum Gasteiger partial charge on any atom is 0.254 e. The van der Waals surface area contributed by atoms with Crippen molar-refractivity contribution in [3.63, 3.8) is 0 Å². The third kappa shape index (κ3) is 3.68. The van der Waals surface area contributed by atoms with E-state index in [0.717, 1.165) is 5.56 Å². The molecule has 2 rings (SSSR count). The maximum absolute atomic E-state index is 11.7. The van der Waals surface area contributed by atoms with E-state index in [9.17, 15) is 9.59 Å². The van der Waals surface area contributed by atoms with Gasteiger partial charge in [0.2, 0.25) is 5.91 Å². The van der Waals surface area contributed by atoms with Crippen LogP contribution in [0.1, 0.15) is 28.9 Å². The minimum Gasteiger partial charge on any atom is -0.472 e. The molecule has 6 heteroatoms. The third-order valence-electron chi connectivity index (χ3n) is 2.78. The molecule has 0 aliphatic heterocycles. The first-order valence-electron chi connectivity index (χ1n) is 6.16. The summed E-state index contributed by atoms with van der Waals surface area (Å²) in [4.78, 5) is 27.3. The summed E-state index contributed by atoms with van der Waals surface area (Å²) in [7, 11) is 0. The van der Waals surface area contributed by atoms with Crippen LogP contribution in [0.5, 0.6) is 0 Å². The molecule has 2 aromatic rings. The van der Waals surface area contributed by atoms with E-state index in [1.807, 2.05) is 19.1 Å². The molecule has 6 nitrogen and oxygen atoms in total. The van der Waals surface area contributed by atoms with Crippen molar-refractivity contribution in [3.05, 3.63) is 54.2 Å². The fraction of sp³-hybridized carbons (Fsp3) is 0.214. The molecule has 2 amide bonds. The summed E-state index contributed by atoms with van der Waals surface area (Å²) in [5.41, 5.74) is 1.34. The lowest BCUT2D eigenvalue weighted by molar-refractivity contribution is -0.120. The molecule has 0 fully saturated rings. The Bertz CT molecular complexity index is 567. The number of carbonyl (C=O) groups excluding carboxylic acids is 2. The van der Waals surface area contributed by atoms with Crippen LogP contribution in [0.2, 0.25) is 0 Å². The number of hydrogen-bond acceptors (Lipinski definition) is 4. The van der Waals surface area contributed by atoms with Gasteiger partial charge in [-0.1, -0.05) is 0 Å². The Morgan fingerprint density at radius 2 is 2.05 bits per heavy atom. The fourth-order valence-corrected chi connectivity index (χ4v) is 1.68. The van der Waals surface area contributed by atoms with Gasteiger partial charge in [-0.05, 0) is 30.7 Å². The predicted octanol–water partition coefficient (Wildman–Crippen LogP) is 1.28. The van der Waals surface area contributed by atoms with Gasteiger partial charge in [0.15, 0.2) is 0 Å². The van der Waals surface area contributed by atoms with Gasteiger partial charge in [0.1, 0.15) is 6.26 Å². The zero-order chi connectivity index (χ0) is 14.4. The number of furan rings is 1. The van der Waals surface area contributed by atoms with E-state index in [-0.39, 0.29) is 24.4 Å². The third-order valence-corrected chi connectivity index (χ3v) is 2.78. The van der Waals surface area contributed by atoms with Crippen molar-refractivity contribution in [1.82, 2.24) is 15.6 Å². The van der Waals surface area contributed by atoms with Gasteiger partial charge in [0, 0.05) is 12.4 Å². The molecule has 0 radical (unpaired) electrons. The van der Waals surface area contributed by atoms with Crippen LogP contribution >= 0.6 is 0 Å². The molecule has 0 aliphatic carbocycles. The normalized spacial score (nSPS) is 11.7. The first-order chi connectivity index (χ1) is 9.66. The number of pyridine rings is 1. The van der Waals surface area contributed by atoms with Gasteiger partial charge in [0.05, 0.1) is 24.4 Å². The molecule has 0 bridgehead atoms. The lowest BCUT2D eigenvalue weighted by Gasteiger charge is -2.14. The zero-order valence-corrected chi connectivity index (χ0v) is 11.0. The van der Waals surface area contributed by atoms with Gasteiger partial charge < -0.3 is 15.1 Å². The average molecular weight is 273 g/mol. The minimum atomic E-state index is -0.342. The number of aromatic nitrogens is 1. The highest BCUT2D eigenvalue weighted by atomic mass is 16.3. The Labute approximate surface area is 116 Å². The second-order valence-corrected chi connectivity index (χ2v) is 4.26. The summed E-state index contributed by atoms with van der Waals surface area (Å²) in [5, 5.41) is 5.31. The van der Waals surface area contributed by atoms with Gasteiger partial charge in [0.25, 0.3) is 5.91 Å². The molecule has 2 aromatic heterocycles. The second-order valence-electron chi connectivity index (χ2n) is 4.26. The number of hydrogen-bond donors (Lipinski definition) is 2. The Balaban J connectivity index is 1.80. The van der Waals surface area contributed by atoms with E-state index in [4.69, 9.17) is 4.42 Å². The molecule has 104 valence electrons. The van der Waals surface area contributed by atoms with Crippen molar-refractivity contribution in [2.75, 3.05) is 6.54 Å². The number of rotatable bonds is 5. The molecule has 2 N–H and O–H groups in total. The lowest BCUT2D eigenvalue weighted by atomic mass is 10.1. The zero-order valence-electron chi connectivity index (χ0n) is 11.0. The van der Waals surface area contributed by atoms with E-state index in [1.54, 1.807) is 12.4 Å². The van der Waals surface area contributed by atoms with Crippen LogP contribution in [0.25, 0.3) is 0 Å². The smallest absolute Gasteiger partial charge is 0.254 e. The van der Waals surface area contributed by atoms with Gasteiger partial charge in [-0.3, -0.25) is 14.6 Å². The minimum absolute atomic E-state index is 0.0839. The highest BCUT2D eigenvalue weighted by Crippen LogP contribution is 2.09. The number of carbonyl (C=O) groups is 2. The Morgan fingerprint density at radius 3 is 2.70 bits per heavy atom. The Hall–Kier alpha value is -2.63. The van der Waals surface area contributed by atoms with Gasteiger partial charge in [-0.15, -0.1) is 0 Å². The van der Waals surface area contributed by atoms with Crippen molar-refractivity contribution < 1.29 is 14.0 Å². The summed E-state index contributed by atoms with van der Waals surface area (Å²) < 4.78 is 4.80. The van der Waals surface area contributed by atoms with Crippen LogP contribution in [-0.2, 0) is 4.79 Å². The van der Waals surface area contributed by atoms with Crippen molar-refractivity contribution in [3.8, 4) is 0 Å². The van der Waals surface area contributed by atoms with E-state index >= 15 is 0 Å². The highest BCUT2D eigenvalue weighted by molar-refractivity contribution is 5.96. The quantitative estimate of drug-likeness (QED) is 0.859. The van der Waals surface area contributed by atoms with Crippen LogP contribution < -0.4 is 10.6 Å². The van der Waals surface area contributed by atoms with E-state index in [2.05, 4.69) is 15.6 Å². The monoisotopic (exact) mass is 273 g/mol. The van der Waals surface area contributed by atoms with E-state index < -0.39 is 0 Å². The summed E-state index contributed by atoms with van der Waals surface area (Å²) >= 11 is 0. The van der Waals surface area contributed by atoms with Crippen molar-refractivity contribution in [1.29, 1.82) is 0 Å². The maximum atomic E-state index is 11.7. The van der Waals surface area contributed by atoms with Crippen molar-refractivity contribution >= 4 is 11.8 Å². The van der Waals surface area contributed by atoms with Crippen LogP contribution in [0, 0.1) is 0 Å². The summed E-state index contributed by atoms with van der Waals surface area (Å²) in [5.74, 6) is -0.600. The fourth-order valence-electron chi connectivity index (χ4n) is 1.68. The van der Waals surface area contributed by atoms with Crippen LogP contribution in [0.15, 0.2) is 47.5 Å². The SMILES string of the molecule is C[C@H](NC(=O)CNC(=O)c1ccoc1)c1ccncc1. The topological polar surface area (TPSA) is 84.2 Å². The molecule has 20 heavy (non-hydrogen) atoms. The van der Waals surface area contributed by atoms with E-state index in [1.165, 1.54) is 18.6 Å². The van der Waals surface area contributed by atoms with Gasteiger partial charge in [-0.2, -0.15) is 0 Å². The number of nitrogens with one attached hydrogen (secondary N) is 2. The van der Waals surface area contributed by atoms with Crippen molar-refractivity contribution in [2.45, 2.75) is 13.0 Å². The molecular formula is C14H15N3O3. The average Bonchev–Trinajstić information content (AvgIpc) is 3.00. The molecule has 0 spiro atoms. The number of nitrogens with zero attached hydrogens (tertiary/aromatic N) is 1. The Morgan fingerprint density at radius 1 is 1.30 bits per heavy atom. The molecule has 0 aliphatic rings. The summed E-state index contributed by atoms with van der Waals surface area (Å²) in [6, 6.07) is 5.05. The molecule has 0 saturated carbocycles. The highest BCUT2D eigenvalue weighted by Gasteiger charge is 2.11.